The van der Waals surface area contributed by atoms with Gasteiger partial charge in [0.05, 0.1) is 35.2 Å². The van der Waals surface area contributed by atoms with Crippen LogP contribution in [0, 0.1) is 17.8 Å². The Kier molecular flexibility index (Phi) is 5.96. The van der Waals surface area contributed by atoms with Gasteiger partial charge < -0.3 is 4.74 Å². The second-order valence-electron chi connectivity index (χ2n) is 8.82. The Morgan fingerprint density at radius 2 is 1.71 bits per heavy atom. The third-order valence-corrected chi connectivity index (χ3v) is 6.93. The average Bonchev–Trinajstić information content (AvgIpc) is 2.85. The minimum atomic E-state index is -0.184. The number of rotatable bonds is 4. The molecule has 7 nitrogen and oxygen atoms in total. The van der Waals surface area contributed by atoms with Gasteiger partial charge in [-0.1, -0.05) is 42.8 Å². The van der Waals surface area contributed by atoms with Crippen LogP contribution in [0.1, 0.15) is 37.3 Å². The van der Waals surface area contributed by atoms with E-state index in [0.29, 0.717) is 29.3 Å². The highest BCUT2D eigenvalue weighted by Crippen LogP contribution is 2.38. The summed E-state index contributed by atoms with van der Waals surface area (Å²) in [4.78, 5) is 25.0. The molecule has 0 saturated carbocycles. The number of halogens is 1. The molecule has 2 aliphatic heterocycles. The number of allylic oxidation sites excluding steroid dienone is 2. The zero-order valence-corrected chi connectivity index (χ0v) is 19.7. The number of hydrogen-bond donors (Lipinski definition) is 1. The van der Waals surface area contributed by atoms with Crippen LogP contribution in [0.4, 0.5) is 5.69 Å². The van der Waals surface area contributed by atoms with E-state index in [1.807, 2.05) is 49.4 Å². The lowest BCUT2D eigenvalue weighted by atomic mass is 9.76. The molecular weight excluding hydrogens is 452 g/mol. The summed E-state index contributed by atoms with van der Waals surface area (Å²) in [5.41, 5.74) is 6.69. The van der Waals surface area contributed by atoms with Crippen molar-refractivity contribution in [3.8, 4) is 5.75 Å². The number of nitrogens with zero attached hydrogens (tertiary/aromatic N) is 3. The second-order valence-corrected chi connectivity index (χ2v) is 9.23. The monoisotopic (exact) mass is 476 g/mol. The van der Waals surface area contributed by atoms with Gasteiger partial charge >= 0.3 is 0 Å². The van der Waals surface area contributed by atoms with Crippen LogP contribution in [-0.4, -0.2) is 30.3 Å². The van der Waals surface area contributed by atoms with E-state index in [9.17, 15) is 9.59 Å². The first-order valence-electron chi connectivity index (χ1n) is 11.3. The number of hydrazone groups is 2. The normalized spacial score (nSPS) is 24.2. The minimum Gasteiger partial charge on any atom is -0.495 e. The van der Waals surface area contributed by atoms with Gasteiger partial charge in [0, 0.05) is 18.3 Å². The first-order chi connectivity index (χ1) is 16.5. The zero-order valence-electron chi connectivity index (χ0n) is 19.0. The maximum absolute atomic E-state index is 13.4. The molecule has 34 heavy (non-hydrogen) atoms. The first-order valence-corrected chi connectivity index (χ1v) is 11.7. The number of fused-ring (bicyclic) bond motifs is 1. The molecule has 0 fully saturated rings. The number of carbonyl (C=O) groups excluding carboxylic acids is 2. The molecule has 174 valence electrons. The van der Waals surface area contributed by atoms with E-state index in [0.717, 1.165) is 29.0 Å². The van der Waals surface area contributed by atoms with E-state index in [2.05, 4.69) is 22.7 Å². The van der Waals surface area contributed by atoms with E-state index in [1.165, 1.54) is 5.01 Å². The highest BCUT2D eigenvalue weighted by atomic mass is 35.5. The topological polar surface area (TPSA) is 83.4 Å². The maximum Gasteiger partial charge on any atom is 0.251 e. The number of ether oxygens (including phenoxy) is 1. The van der Waals surface area contributed by atoms with Gasteiger partial charge in [-0.2, -0.15) is 10.2 Å². The van der Waals surface area contributed by atoms with Gasteiger partial charge in [0.15, 0.2) is 0 Å². The van der Waals surface area contributed by atoms with E-state index in [1.54, 1.807) is 7.11 Å². The molecule has 3 atom stereocenters. The van der Waals surface area contributed by atoms with E-state index < -0.39 is 0 Å². The zero-order chi connectivity index (χ0) is 23.8. The standard InChI is InChI=1S/C26H25ClN4O3/c1-15-13-23(32)28-29-24(15)16-7-10-18(11-8-16)31-26(33)20-6-4-3-5-19(20)25(30-31)17-9-12-22(34-2)21(27)14-17/h3-4,7-12,14-15,19-20H,5-6,13H2,1-2H3,(H,28,32)/t15?,19-,20+/m0/s1. The smallest absolute Gasteiger partial charge is 0.251 e. The summed E-state index contributed by atoms with van der Waals surface area (Å²) in [7, 11) is 1.58. The van der Waals surface area contributed by atoms with Crippen molar-refractivity contribution in [1.29, 1.82) is 0 Å². The lowest BCUT2D eigenvalue weighted by Crippen LogP contribution is -2.45. The lowest BCUT2D eigenvalue weighted by molar-refractivity contribution is -0.124. The van der Waals surface area contributed by atoms with Crippen molar-refractivity contribution in [2.24, 2.45) is 28.0 Å². The van der Waals surface area contributed by atoms with Crippen LogP contribution >= 0.6 is 11.6 Å². The molecule has 2 aromatic carbocycles. The average molecular weight is 477 g/mol. The molecule has 8 heteroatoms. The molecule has 2 amide bonds. The second kappa shape index (κ2) is 9.06. The number of methoxy groups -OCH3 is 1. The molecule has 1 unspecified atom stereocenters. The molecule has 0 spiro atoms. The van der Waals surface area contributed by atoms with Gasteiger partial charge in [-0.25, -0.2) is 10.4 Å². The Morgan fingerprint density at radius 1 is 1.00 bits per heavy atom. The molecule has 1 N–H and O–H groups in total. The number of carbonyl (C=O) groups is 2. The summed E-state index contributed by atoms with van der Waals surface area (Å²) in [5.74, 6) is 0.343. The number of nitrogens with one attached hydrogen (secondary N) is 1. The molecule has 3 aliphatic rings. The number of hydrogen-bond acceptors (Lipinski definition) is 5. The van der Waals surface area contributed by atoms with Crippen molar-refractivity contribution in [3.05, 3.63) is 70.8 Å². The summed E-state index contributed by atoms with van der Waals surface area (Å²) in [6, 6.07) is 13.2. The molecule has 2 heterocycles. The number of amides is 2. The van der Waals surface area contributed by atoms with Crippen molar-refractivity contribution in [2.75, 3.05) is 12.1 Å². The van der Waals surface area contributed by atoms with E-state index in [4.69, 9.17) is 21.4 Å². The van der Waals surface area contributed by atoms with Crippen molar-refractivity contribution in [1.82, 2.24) is 5.43 Å². The summed E-state index contributed by atoms with van der Waals surface area (Å²) in [5, 5.41) is 11.1. The Hall–Kier alpha value is -3.45. The molecule has 0 aromatic heterocycles. The molecule has 0 saturated heterocycles. The molecule has 5 rings (SSSR count). The Balaban J connectivity index is 1.51. The first kappa shape index (κ1) is 22.3. The van der Waals surface area contributed by atoms with Crippen LogP contribution in [0.5, 0.6) is 5.75 Å². The van der Waals surface area contributed by atoms with Crippen molar-refractivity contribution >= 4 is 40.5 Å². The summed E-state index contributed by atoms with van der Waals surface area (Å²) in [6.07, 6.45) is 6.02. The fourth-order valence-corrected chi connectivity index (χ4v) is 5.09. The summed E-state index contributed by atoms with van der Waals surface area (Å²) in [6.45, 7) is 1.98. The molecule has 0 bridgehead atoms. The third-order valence-electron chi connectivity index (χ3n) is 6.63. The van der Waals surface area contributed by atoms with Crippen LogP contribution in [0.25, 0.3) is 0 Å². The van der Waals surface area contributed by atoms with Crippen LogP contribution in [-0.2, 0) is 9.59 Å². The SMILES string of the molecule is COc1ccc(C2=NN(c3ccc(C4=NNC(=O)CC4C)cc3)C(=O)[C@@H]3CC=CC[C@H]23)cc1Cl. The quantitative estimate of drug-likeness (QED) is 0.657. The predicted molar refractivity (Wildman–Crippen MR) is 132 cm³/mol. The minimum absolute atomic E-state index is 0.00135. The van der Waals surface area contributed by atoms with Gasteiger partial charge in [-0.15, -0.1) is 0 Å². The van der Waals surface area contributed by atoms with Crippen molar-refractivity contribution in [3.63, 3.8) is 0 Å². The van der Waals surface area contributed by atoms with Gasteiger partial charge in [-0.3, -0.25) is 9.59 Å². The highest BCUT2D eigenvalue weighted by molar-refractivity contribution is 6.32. The largest absolute Gasteiger partial charge is 0.495 e. The molecule has 1 aliphatic carbocycles. The fraction of sp³-hybridized carbons (Fsp3) is 0.308. The van der Waals surface area contributed by atoms with Crippen LogP contribution in [0.2, 0.25) is 5.02 Å². The number of benzene rings is 2. The van der Waals surface area contributed by atoms with Crippen molar-refractivity contribution < 1.29 is 14.3 Å². The third kappa shape index (κ3) is 4.01. The fourth-order valence-electron chi connectivity index (χ4n) is 4.84. The summed E-state index contributed by atoms with van der Waals surface area (Å²) >= 11 is 6.41. The van der Waals surface area contributed by atoms with E-state index in [-0.39, 0.29) is 29.6 Å². The van der Waals surface area contributed by atoms with Crippen LogP contribution in [0.3, 0.4) is 0 Å². The Labute approximate surface area is 203 Å². The molecule has 0 radical (unpaired) electrons. The van der Waals surface area contributed by atoms with Crippen LogP contribution in [0.15, 0.2) is 64.8 Å². The van der Waals surface area contributed by atoms with Crippen LogP contribution < -0.4 is 15.2 Å². The van der Waals surface area contributed by atoms with Gasteiger partial charge in [-0.05, 0) is 54.3 Å². The predicted octanol–water partition coefficient (Wildman–Crippen LogP) is 4.54. The molecular formula is C26H25ClN4O3. The summed E-state index contributed by atoms with van der Waals surface area (Å²) < 4.78 is 5.30. The van der Waals surface area contributed by atoms with Gasteiger partial charge in [0.1, 0.15) is 5.75 Å². The molecule has 2 aromatic rings. The highest BCUT2D eigenvalue weighted by Gasteiger charge is 2.40. The van der Waals surface area contributed by atoms with Crippen molar-refractivity contribution in [2.45, 2.75) is 26.2 Å². The maximum atomic E-state index is 13.4. The number of anilines is 1. The Bertz CT molecular complexity index is 1240. The van der Waals surface area contributed by atoms with Gasteiger partial charge in [0.25, 0.3) is 5.91 Å². The lowest BCUT2D eigenvalue weighted by Gasteiger charge is -2.37. The van der Waals surface area contributed by atoms with E-state index >= 15 is 0 Å². The Morgan fingerprint density at radius 3 is 2.38 bits per heavy atom. The van der Waals surface area contributed by atoms with Gasteiger partial charge in [0.2, 0.25) is 5.91 Å².